The van der Waals surface area contributed by atoms with Gasteiger partial charge >= 0.3 is 0 Å². The highest BCUT2D eigenvalue weighted by atomic mass is 19.1. The van der Waals surface area contributed by atoms with Gasteiger partial charge in [-0.2, -0.15) is 0 Å². The third kappa shape index (κ3) is 3.65. The number of amides is 1. The van der Waals surface area contributed by atoms with Crippen LogP contribution in [0.25, 0.3) is 0 Å². The van der Waals surface area contributed by atoms with E-state index in [2.05, 4.69) is 10.7 Å². The standard InChI is InChI=1S/C16H20F2N4O2/c17-12-2-1-3-13(18)11(12)8-22-9-14(19)15(21-22)16(23)20-10-4-6-24-7-5-10/h1-3,9-10,15,21H,4-8,19H2,(H,20,23). The van der Waals surface area contributed by atoms with Crippen molar-refractivity contribution in [1.82, 2.24) is 15.8 Å². The van der Waals surface area contributed by atoms with Gasteiger partial charge in [0.05, 0.1) is 12.2 Å². The molecule has 1 aromatic carbocycles. The molecule has 4 N–H and O–H groups in total. The fourth-order valence-corrected chi connectivity index (χ4v) is 2.81. The van der Waals surface area contributed by atoms with E-state index in [0.29, 0.717) is 18.9 Å². The van der Waals surface area contributed by atoms with Crippen LogP contribution in [0.3, 0.4) is 0 Å². The summed E-state index contributed by atoms with van der Waals surface area (Å²) in [5.74, 6) is -1.54. The molecule has 6 nitrogen and oxygen atoms in total. The first-order valence-corrected chi connectivity index (χ1v) is 7.85. The van der Waals surface area contributed by atoms with Gasteiger partial charge in [-0.3, -0.25) is 4.79 Å². The molecule has 0 spiro atoms. The number of ether oxygens (including phenoxy) is 1. The normalized spacial score (nSPS) is 21.7. The Labute approximate surface area is 138 Å². The molecule has 1 aromatic rings. The first kappa shape index (κ1) is 16.7. The van der Waals surface area contributed by atoms with E-state index in [0.717, 1.165) is 12.8 Å². The third-order valence-corrected chi connectivity index (χ3v) is 4.15. The lowest BCUT2D eigenvalue weighted by Crippen LogP contribution is -2.51. The van der Waals surface area contributed by atoms with Crippen LogP contribution in [0.4, 0.5) is 8.78 Å². The lowest BCUT2D eigenvalue weighted by molar-refractivity contribution is -0.124. The van der Waals surface area contributed by atoms with Crippen LogP contribution in [0.1, 0.15) is 18.4 Å². The van der Waals surface area contributed by atoms with Gasteiger partial charge in [-0.25, -0.2) is 14.2 Å². The molecule has 24 heavy (non-hydrogen) atoms. The van der Waals surface area contributed by atoms with Crippen molar-refractivity contribution in [3.05, 3.63) is 47.3 Å². The minimum atomic E-state index is -0.748. The number of carbonyl (C=O) groups excluding carboxylic acids is 1. The van der Waals surface area contributed by atoms with E-state index in [-0.39, 0.29) is 24.1 Å². The maximum absolute atomic E-state index is 13.7. The number of nitrogens with zero attached hydrogens (tertiary/aromatic N) is 1. The van der Waals surface area contributed by atoms with Gasteiger partial charge in [0, 0.05) is 31.0 Å². The zero-order valence-electron chi connectivity index (χ0n) is 13.1. The average Bonchev–Trinajstić information content (AvgIpc) is 2.93. The largest absolute Gasteiger partial charge is 0.399 e. The quantitative estimate of drug-likeness (QED) is 0.755. The topological polar surface area (TPSA) is 79.6 Å². The summed E-state index contributed by atoms with van der Waals surface area (Å²) in [6.45, 7) is 1.17. The molecule has 0 bridgehead atoms. The molecule has 2 aliphatic heterocycles. The number of hydrogen-bond donors (Lipinski definition) is 3. The number of benzene rings is 1. The second-order valence-corrected chi connectivity index (χ2v) is 5.91. The molecule has 0 saturated carbocycles. The molecule has 0 aliphatic carbocycles. The van der Waals surface area contributed by atoms with Crippen LogP contribution < -0.4 is 16.5 Å². The summed E-state index contributed by atoms with van der Waals surface area (Å²) in [7, 11) is 0. The number of hydrogen-bond acceptors (Lipinski definition) is 5. The smallest absolute Gasteiger partial charge is 0.245 e. The minimum absolute atomic E-state index is 0.0545. The maximum Gasteiger partial charge on any atom is 0.245 e. The Kier molecular flexibility index (Phi) is 4.96. The van der Waals surface area contributed by atoms with E-state index >= 15 is 0 Å². The van der Waals surface area contributed by atoms with Crippen LogP contribution in [-0.4, -0.2) is 36.2 Å². The molecule has 1 fully saturated rings. The minimum Gasteiger partial charge on any atom is -0.399 e. The molecule has 0 aromatic heterocycles. The molecule has 1 amide bonds. The second kappa shape index (κ2) is 7.14. The third-order valence-electron chi connectivity index (χ3n) is 4.15. The first-order chi connectivity index (χ1) is 11.5. The number of rotatable bonds is 4. The molecule has 0 radical (unpaired) electrons. The Morgan fingerprint density at radius 1 is 1.33 bits per heavy atom. The fourth-order valence-electron chi connectivity index (χ4n) is 2.81. The molecular weight excluding hydrogens is 318 g/mol. The molecular formula is C16H20F2N4O2. The molecule has 1 atom stereocenters. The number of nitrogens with one attached hydrogen (secondary N) is 2. The predicted molar refractivity (Wildman–Crippen MR) is 83.1 cm³/mol. The van der Waals surface area contributed by atoms with Gasteiger partial charge in [-0.1, -0.05) is 6.07 Å². The Morgan fingerprint density at radius 2 is 2.00 bits per heavy atom. The van der Waals surface area contributed by atoms with Gasteiger partial charge in [0.15, 0.2) is 0 Å². The van der Waals surface area contributed by atoms with Crippen molar-refractivity contribution in [2.45, 2.75) is 31.5 Å². The van der Waals surface area contributed by atoms with E-state index in [9.17, 15) is 13.6 Å². The highest BCUT2D eigenvalue weighted by Gasteiger charge is 2.31. The summed E-state index contributed by atoms with van der Waals surface area (Å²) in [6, 6.07) is 3.00. The lowest BCUT2D eigenvalue weighted by Gasteiger charge is -2.25. The van der Waals surface area contributed by atoms with Crippen LogP contribution in [0.2, 0.25) is 0 Å². The zero-order valence-corrected chi connectivity index (χ0v) is 13.1. The first-order valence-electron chi connectivity index (χ1n) is 7.85. The summed E-state index contributed by atoms with van der Waals surface area (Å²) in [5.41, 5.74) is 8.98. The summed E-state index contributed by atoms with van der Waals surface area (Å²) in [4.78, 5) is 12.3. The summed E-state index contributed by atoms with van der Waals surface area (Å²) in [6.07, 6.45) is 3.00. The Balaban J connectivity index is 1.61. The lowest BCUT2D eigenvalue weighted by atomic mass is 10.1. The summed E-state index contributed by atoms with van der Waals surface area (Å²) < 4.78 is 32.7. The zero-order chi connectivity index (χ0) is 17.1. The van der Waals surface area contributed by atoms with Crippen molar-refractivity contribution in [3.8, 4) is 0 Å². The number of halogens is 2. The van der Waals surface area contributed by atoms with E-state index in [4.69, 9.17) is 10.5 Å². The van der Waals surface area contributed by atoms with Crippen LogP contribution >= 0.6 is 0 Å². The van der Waals surface area contributed by atoms with Crippen molar-refractivity contribution >= 4 is 5.91 Å². The summed E-state index contributed by atoms with van der Waals surface area (Å²) >= 11 is 0. The van der Waals surface area contributed by atoms with Crippen molar-refractivity contribution in [2.75, 3.05) is 13.2 Å². The van der Waals surface area contributed by atoms with Crippen molar-refractivity contribution in [1.29, 1.82) is 0 Å². The predicted octanol–water partition coefficient (Wildman–Crippen LogP) is 0.749. The van der Waals surface area contributed by atoms with Gasteiger partial charge in [0.2, 0.25) is 5.91 Å². The molecule has 2 heterocycles. The molecule has 130 valence electrons. The SMILES string of the molecule is NC1=CN(Cc2c(F)cccc2F)NC1C(=O)NC1CCOCC1. The number of nitrogens with two attached hydrogens (primary N) is 1. The number of carbonyl (C=O) groups is 1. The Bertz CT molecular complexity index is 627. The van der Waals surface area contributed by atoms with Crippen molar-refractivity contribution in [3.63, 3.8) is 0 Å². The van der Waals surface area contributed by atoms with Crippen molar-refractivity contribution in [2.24, 2.45) is 5.73 Å². The molecule has 1 saturated heterocycles. The Morgan fingerprint density at radius 3 is 2.67 bits per heavy atom. The highest BCUT2D eigenvalue weighted by Crippen LogP contribution is 2.17. The maximum atomic E-state index is 13.7. The van der Waals surface area contributed by atoms with Gasteiger partial charge in [-0.05, 0) is 25.0 Å². The van der Waals surface area contributed by atoms with Gasteiger partial charge in [-0.15, -0.1) is 0 Å². The van der Waals surface area contributed by atoms with E-state index < -0.39 is 17.7 Å². The van der Waals surface area contributed by atoms with E-state index in [1.54, 1.807) is 0 Å². The van der Waals surface area contributed by atoms with E-state index in [1.165, 1.54) is 29.4 Å². The van der Waals surface area contributed by atoms with Gasteiger partial charge in [0.1, 0.15) is 17.7 Å². The second-order valence-electron chi connectivity index (χ2n) is 5.91. The highest BCUT2D eigenvalue weighted by molar-refractivity contribution is 5.85. The monoisotopic (exact) mass is 338 g/mol. The fraction of sp³-hybridized carbons (Fsp3) is 0.438. The van der Waals surface area contributed by atoms with E-state index in [1.807, 2.05) is 0 Å². The molecule has 8 heteroatoms. The van der Waals surface area contributed by atoms with Crippen LogP contribution in [-0.2, 0) is 16.1 Å². The van der Waals surface area contributed by atoms with Crippen molar-refractivity contribution < 1.29 is 18.3 Å². The average molecular weight is 338 g/mol. The molecule has 1 unspecified atom stereocenters. The van der Waals surface area contributed by atoms with Crippen LogP contribution in [0.15, 0.2) is 30.1 Å². The Hall–Kier alpha value is -2.19. The number of hydrazine groups is 1. The van der Waals surface area contributed by atoms with Crippen LogP contribution in [0, 0.1) is 11.6 Å². The van der Waals surface area contributed by atoms with Gasteiger partial charge < -0.3 is 20.8 Å². The summed E-state index contributed by atoms with van der Waals surface area (Å²) in [5, 5.41) is 4.34. The molecule has 2 aliphatic rings. The van der Waals surface area contributed by atoms with Gasteiger partial charge in [0.25, 0.3) is 0 Å². The van der Waals surface area contributed by atoms with Crippen LogP contribution in [0.5, 0.6) is 0 Å². The molecule has 3 rings (SSSR count).